The lowest BCUT2D eigenvalue weighted by Gasteiger charge is -2.25. The van der Waals surface area contributed by atoms with E-state index in [4.69, 9.17) is 16.3 Å². The van der Waals surface area contributed by atoms with Gasteiger partial charge in [-0.25, -0.2) is 0 Å². The predicted octanol–water partition coefficient (Wildman–Crippen LogP) is 4.43. The number of hydrogen-bond acceptors (Lipinski definition) is 3. The summed E-state index contributed by atoms with van der Waals surface area (Å²) in [6.45, 7) is 1.84. The molecular weight excluding hydrogens is 374 g/mol. The Morgan fingerprint density at radius 1 is 1.29 bits per heavy atom. The van der Waals surface area contributed by atoms with Gasteiger partial charge in [0.25, 0.3) is 0 Å². The largest absolute Gasteiger partial charge is 0.381 e. The number of rotatable bonds is 5. The standard InChI is InChI=1S/C22H20ClN3O2/c23-21-17(12-25-14-27)4-5-19-20(16-3-1-2-15(10-16)11-24)13-26(22(19)21)18-6-8-28-9-7-18/h1-5,10,13-14,18H,6-9,12H2,(H,25,27). The number of nitrogens with one attached hydrogen (secondary N) is 1. The van der Waals surface area contributed by atoms with Crippen molar-refractivity contribution in [3.63, 3.8) is 0 Å². The highest BCUT2D eigenvalue weighted by atomic mass is 35.5. The SMILES string of the molecule is N#Cc1cccc(-c2cn(C3CCOCC3)c3c(Cl)c(CNC=O)ccc23)c1. The van der Waals surface area contributed by atoms with E-state index in [-0.39, 0.29) is 0 Å². The van der Waals surface area contributed by atoms with Crippen LogP contribution in [0.2, 0.25) is 5.02 Å². The fraction of sp³-hybridized carbons (Fsp3) is 0.273. The van der Waals surface area contributed by atoms with E-state index in [0.29, 0.717) is 29.6 Å². The fourth-order valence-electron chi connectivity index (χ4n) is 3.88. The monoisotopic (exact) mass is 393 g/mol. The minimum atomic E-state index is 0.302. The Hall–Kier alpha value is -2.81. The maximum atomic E-state index is 10.7. The van der Waals surface area contributed by atoms with Gasteiger partial charge in [-0.3, -0.25) is 4.79 Å². The van der Waals surface area contributed by atoms with Gasteiger partial charge >= 0.3 is 0 Å². The maximum Gasteiger partial charge on any atom is 0.207 e. The molecule has 142 valence electrons. The van der Waals surface area contributed by atoms with Crippen LogP contribution in [0, 0.1) is 11.3 Å². The maximum absolute atomic E-state index is 10.7. The van der Waals surface area contributed by atoms with Gasteiger partial charge in [0, 0.05) is 42.9 Å². The number of halogens is 1. The molecule has 0 atom stereocenters. The van der Waals surface area contributed by atoms with Crippen molar-refractivity contribution in [3.05, 3.63) is 58.7 Å². The third-order valence-corrected chi connectivity index (χ3v) is 5.70. The second-order valence-electron chi connectivity index (χ2n) is 6.92. The van der Waals surface area contributed by atoms with Gasteiger partial charge < -0.3 is 14.6 Å². The Balaban J connectivity index is 1.92. The molecule has 1 amide bonds. The van der Waals surface area contributed by atoms with Crippen molar-refractivity contribution in [2.75, 3.05) is 13.2 Å². The molecular formula is C22H20ClN3O2. The van der Waals surface area contributed by atoms with Gasteiger partial charge in [-0.15, -0.1) is 0 Å². The molecule has 1 N–H and O–H groups in total. The average molecular weight is 394 g/mol. The summed E-state index contributed by atoms with van der Waals surface area (Å²) in [4.78, 5) is 10.7. The zero-order chi connectivity index (χ0) is 19.5. The van der Waals surface area contributed by atoms with Crippen LogP contribution in [0.4, 0.5) is 0 Å². The van der Waals surface area contributed by atoms with Gasteiger partial charge in [-0.05, 0) is 36.1 Å². The smallest absolute Gasteiger partial charge is 0.207 e. The van der Waals surface area contributed by atoms with E-state index in [1.807, 2.05) is 30.3 Å². The van der Waals surface area contributed by atoms with Crippen LogP contribution in [-0.2, 0) is 16.1 Å². The van der Waals surface area contributed by atoms with Crippen LogP contribution < -0.4 is 5.32 Å². The van der Waals surface area contributed by atoms with Gasteiger partial charge in [0.05, 0.1) is 22.2 Å². The summed E-state index contributed by atoms with van der Waals surface area (Å²) in [5, 5.41) is 13.7. The number of amides is 1. The molecule has 0 radical (unpaired) electrons. The topological polar surface area (TPSA) is 67.1 Å². The number of hydrogen-bond donors (Lipinski definition) is 1. The van der Waals surface area contributed by atoms with Gasteiger partial charge in [-0.2, -0.15) is 5.26 Å². The Bertz CT molecular complexity index is 1060. The van der Waals surface area contributed by atoms with E-state index in [1.165, 1.54) is 0 Å². The van der Waals surface area contributed by atoms with Crippen molar-refractivity contribution in [1.29, 1.82) is 5.26 Å². The number of nitriles is 1. The molecule has 2 heterocycles. The minimum absolute atomic E-state index is 0.302. The van der Waals surface area contributed by atoms with E-state index >= 15 is 0 Å². The summed E-state index contributed by atoms with van der Waals surface area (Å²) >= 11 is 6.80. The highest BCUT2D eigenvalue weighted by Gasteiger charge is 2.22. The Morgan fingerprint density at radius 2 is 2.11 bits per heavy atom. The molecule has 5 nitrogen and oxygen atoms in total. The summed E-state index contributed by atoms with van der Waals surface area (Å²) in [5.74, 6) is 0. The lowest BCUT2D eigenvalue weighted by atomic mass is 10.0. The van der Waals surface area contributed by atoms with Crippen LogP contribution in [0.15, 0.2) is 42.6 Å². The summed E-state index contributed by atoms with van der Waals surface area (Å²) in [6, 6.07) is 14.1. The molecule has 0 unspecified atom stereocenters. The Morgan fingerprint density at radius 3 is 2.86 bits per heavy atom. The first-order valence-corrected chi connectivity index (χ1v) is 9.68. The van der Waals surface area contributed by atoms with E-state index in [2.05, 4.69) is 22.1 Å². The number of ether oxygens (including phenoxy) is 1. The second-order valence-corrected chi connectivity index (χ2v) is 7.30. The van der Waals surface area contributed by atoms with Crippen molar-refractivity contribution in [1.82, 2.24) is 9.88 Å². The summed E-state index contributed by atoms with van der Waals surface area (Å²) in [6.07, 6.45) is 4.67. The molecule has 6 heteroatoms. The number of benzene rings is 2. The first kappa shape index (κ1) is 18.5. The van der Waals surface area contributed by atoms with Crippen LogP contribution in [-0.4, -0.2) is 24.2 Å². The van der Waals surface area contributed by atoms with Crippen LogP contribution in [0.25, 0.3) is 22.0 Å². The molecule has 0 aliphatic carbocycles. The van der Waals surface area contributed by atoms with Gasteiger partial charge in [-0.1, -0.05) is 35.9 Å². The molecule has 4 rings (SSSR count). The average Bonchev–Trinajstić information content (AvgIpc) is 3.14. The minimum Gasteiger partial charge on any atom is -0.381 e. The lowest BCUT2D eigenvalue weighted by Crippen LogP contribution is -2.19. The summed E-state index contributed by atoms with van der Waals surface area (Å²) in [5.41, 5.74) is 4.52. The Kier molecular flexibility index (Phi) is 5.34. The normalized spacial score (nSPS) is 14.7. The molecule has 0 saturated carbocycles. The second kappa shape index (κ2) is 8.05. The molecule has 1 aliphatic rings. The van der Waals surface area contributed by atoms with Crippen LogP contribution in [0.5, 0.6) is 0 Å². The molecule has 0 bridgehead atoms. The van der Waals surface area contributed by atoms with Crippen LogP contribution in [0.1, 0.15) is 30.0 Å². The third kappa shape index (κ3) is 3.37. The number of carbonyl (C=O) groups is 1. The lowest BCUT2D eigenvalue weighted by molar-refractivity contribution is -0.109. The molecule has 3 aromatic rings. The number of nitrogens with zero attached hydrogens (tertiary/aromatic N) is 2. The molecule has 2 aromatic carbocycles. The molecule has 1 aliphatic heterocycles. The predicted molar refractivity (Wildman–Crippen MR) is 109 cm³/mol. The van der Waals surface area contributed by atoms with Crippen LogP contribution >= 0.6 is 11.6 Å². The van der Waals surface area contributed by atoms with Crippen molar-refractivity contribution in [2.45, 2.75) is 25.4 Å². The highest BCUT2D eigenvalue weighted by Crippen LogP contribution is 2.39. The molecule has 1 aromatic heterocycles. The fourth-order valence-corrected chi connectivity index (χ4v) is 4.20. The zero-order valence-corrected chi connectivity index (χ0v) is 16.1. The van der Waals surface area contributed by atoms with E-state index in [0.717, 1.165) is 53.6 Å². The number of fused-ring (bicyclic) bond motifs is 1. The number of aromatic nitrogens is 1. The molecule has 1 fully saturated rings. The zero-order valence-electron chi connectivity index (χ0n) is 15.3. The van der Waals surface area contributed by atoms with E-state index in [1.54, 1.807) is 6.07 Å². The van der Waals surface area contributed by atoms with E-state index in [9.17, 15) is 10.1 Å². The number of carbonyl (C=O) groups excluding carboxylic acids is 1. The van der Waals surface area contributed by atoms with Crippen molar-refractivity contribution < 1.29 is 9.53 Å². The molecule has 1 saturated heterocycles. The molecule has 0 spiro atoms. The first-order valence-electron chi connectivity index (χ1n) is 9.30. The van der Waals surface area contributed by atoms with E-state index < -0.39 is 0 Å². The Labute approximate surface area is 168 Å². The first-order chi connectivity index (χ1) is 13.7. The third-order valence-electron chi connectivity index (χ3n) is 5.28. The van der Waals surface area contributed by atoms with Crippen molar-refractivity contribution in [2.24, 2.45) is 0 Å². The molecule has 28 heavy (non-hydrogen) atoms. The van der Waals surface area contributed by atoms with Crippen molar-refractivity contribution >= 4 is 28.9 Å². The quantitative estimate of drug-likeness (QED) is 0.652. The summed E-state index contributed by atoms with van der Waals surface area (Å²) in [7, 11) is 0. The van der Waals surface area contributed by atoms with Gasteiger partial charge in [0.1, 0.15) is 0 Å². The van der Waals surface area contributed by atoms with Crippen LogP contribution in [0.3, 0.4) is 0 Å². The van der Waals surface area contributed by atoms with Crippen molar-refractivity contribution in [3.8, 4) is 17.2 Å². The summed E-state index contributed by atoms with van der Waals surface area (Å²) < 4.78 is 7.78. The highest BCUT2D eigenvalue weighted by molar-refractivity contribution is 6.36. The van der Waals surface area contributed by atoms with Gasteiger partial charge in [0.2, 0.25) is 6.41 Å². The van der Waals surface area contributed by atoms with Gasteiger partial charge in [0.15, 0.2) is 0 Å².